The fourth-order valence-corrected chi connectivity index (χ4v) is 5.54. The summed E-state index contributed by atoms with van der Waals surface area (Å²) in [5.74, 6) is 0. The molecule has 0 atom stereocenters. The molecule has 8 aromatic carbocycles. The van der Waals surface area contributed by atoms with E-state index in [9.17, 15) is 13.7 Å². The van der Waals surface area contributed by atoms with Crippen molar-refractivity contribution in [1.82, 2.24) is 4.57 Å². The number of hydrogen-bond acceptors (Lipinski definition) is 2. The molecule has 0 amide bonds. The van der Waals surface area contributed by atoms with Gasteiger partial charge in [-0.15, -0.1) is 0 Å². The summed E-state index contributed by atoms with van der Waals surface area (Å²) >= 11 is 0. The molecule has 0 radical (unpaired) electrons. The van der Waals surface area contributed by atoms with E-state index in [0.717, 1.165) is 0 Å². The van der Waals surface area contributed by atoms with Crippen LogP contribution in [0.4, 0.5) is 17.1 Å². The lowest BCUT2D eigenvalue weighted by Gasteiger charge is -2.27. The van der Waals surface area contributed by atoms with E-state index in [1.807, 2.05) is 0 Å². The Bertz CT molecular complexity index is 4400. The summed E-state index contributed by atoms with van der Waals surface area (Å²) in [5, 5.41) is -3.66. The number of para-hydroxylation sites is 3. The molecular weight excluding hydrogens is 597 g/mol. The second-order valence-electron chi connectivity index (χ2n) is 10.3. The van der Waals surface area contributed by atoms with Crippen molar-refractivity contribution in [3.05, 3.63) is 181 Å². The Labute approximate surface area is 325 Å². The van der Waals surface area contributed by atoms with Gasteiger partial charge >= 0.3 is 0 Å². The highest BCUT2D eigenvalue weighted by Gasteiger charge is 2.20. The Morgan fingerprint density at radius 3 is 1.76 bits per heavy atom. The van der Waals surface area contributed by atoms with Crippen LogP contribution >= 0.6 is 0 Å². The molecule has 0 aliphatic carbocycles. The van der Waals surface area contributed by atoms with Crippen LogP contribution in [0.1, 0.15) is 41.1 Å². The van der Waals surface area contributed by atoms with Gasteiger partial charge in [0.1, 0.15) is 11.2 Å². The quantitative estimate of drug-likeness (QED) is 0.184. The molecule has 2 aromatic heterocycles. The van der Waals surface area contributed by atoms with Crippen molar-refractivity contribution in [2.24, 2.45) is 0 Å². The minimum absolute atomic E-state index is 0.397. The molecule has 0 aliphatic rings. The number of rotatable bonds is 5. The number of hydrogen-bond donors (Lipinski definition) is 0. The fraction of sp³-hybridized carbons (Fsp3) is 0. The number of fused-ring (bicyclic) bond motifs is 8. The summed E-state index contributed by atoms with van der Waals surface area (Å²) in [4.78, 5) is 0.397. The highest BCUT2D eigenvalue weighted by atomic mass is 16.3. The van der Waals surface area contributed by atoms with Crippen LogP contribution in [0, 0.1) is 0 Å². The molecule has 0 aliphatic heterocycles. The summed E-state index contributed by atoms with van der Waals surface area (Å²) < 4.78 is 276. The van der Waals surface area contributed by atoms with Gasteiger partial charge in [-0.3, -0.25) is 0 Å². The lowest BCUT2D eigenvalue weighted by atomic mass is 10.0. The van der Waals surface area contributed by atoms with Gasteiger partial charge in [0.25, 0.3) is 0 Å². The first-order valence-corrected chi connectivity index (χ1v) is 14.2. The highest BCUT2D eigenvalue weighted by molar-refractivity contribution is 6.19. The average Bonchev–Trinajstić information content (AvgIpc) is 4.14. The van der Waals surface area contributed by atoms with E-state index < -0.39 is 270 Å². The Balaban J connectivity index is 1.47. The molecule has 0 bridgehead atoms. The number of aromatic nitrogens is 1. The van der Waals surface area contributed by atoms with E-state index in [4.69, 9.17) is 31.8 Å². The monoisotopic (exact) mass is 656 g/mol. The van der Waals surface area contributed by atoms with Gasteiger partial charge in [-0.25, -0.2) is 0 Å². The van der Waals surface area contributed by atoms with Crippen LogP contribution in [-0.2, 0) is 0 Å². The summed E-state index contributed by atoms with van der Waals surface area (Å²) in [6, 6.07) is -30.1. The van der Waals surface area contributed by atoms with Crippen LogP contribution in [0.3, 0.4) is 0 Å². The molecule has 10 rings (SSSR count). The molecule has 0 spiro atoms. The summed E-state index contributed by atoms with van der Waals surface area (Å²) in [6.07, 6.45) is 0. The molecule has 0 N–H and O–H groups in total. The first-order valence-electron chi connectivity index (χ1n) is 29.2. The van der Waals surface area contributed by atoms with Gasteiger partial charge in [0.15, 0.2) is 0 Å². The fourth-order valence-electron chi connectivity index (χ4n) is 5.54. The first kappa shape index (κ1) is 11.0. The third-order valence-electron chi connectivity index (χ3n) is 7.62. The normalized spacial score (nSPS) is 20.2. The summed E-state index contributed by atoms with van der Waals surface area (Å²) in [5.41, 5.74) is -8.69. The molecule has 2 heterocycles. The molecule has 49 heavy (non-hydrogen) atoms. The van der Waals surface area contributed by atoms with Crippen molar-refractivity contribution < 1.29 is 45.5 Å². The second-order valence-corrected chi connectivity index (χ2v) is 10.3. The van der Waals surface area contributed by atoms with Gasteiger partial charge < -0.3 is 13.9 Å². The van der Waals surface area contributed by atoms with Crippen LogP contribution in [0.5, 0.6) is 0 Å². The van der Waals surface area contributed by atoms with Crippen molar-refractivity contribution in [3.8, 4) is 16.8 Å². The summed E-state index contributed by atoms with van der Waals surface area (Å²) in [7, 11) is 0. The average molecular weight is 657 g/mol. The Hall–Kier alpha value is -6.58. The van der Waals surface area contributed by atoms with Gasteiger partial charge in [-0.1, -0.05) is 115 Å². The Kier molecular flexibility index (Phi) is 2.47. The van der Waals surface area contributed by atoms with Gasteiger partial charge in [-0.2, -0.15) is 0 Å². The van der Waals surface area contributed by atoms with Crippen molar-refractivity contribution in [2.75, 3.05) is 4.90 Å². The van der Waals surface area contributed by atoms with E-state index >= 15 is 0 Å². The first-order chi connectivity index (χ1) is 36.8. The van der Waals surface area contributed by atoms with E-state index in [1.54, 1.807) is 0 Å². The maximum atomic E-state index is 9.82. The number of benzene rings is 8. The van der Waals surface area contributed by atoms with E-state index in [0.29, 0.717) is 9.47 Å². The zero-order valence-corrected chi connectivity index (χ0v) is 24.3. The number of anilines is 3. The lowest BCUT2D eigenvalue weighted by molar-refractivity contribution is 0.672. The zero-order chi connectivity index (χ0) is 58.4. The van der Waals surface area contributed by atoms with Crippen molar-refractivity contribution >= 4 is 71.6 Å². The van der Waals surface area contributed by atoms with Crippen LogP contribution in [0.25, 0.3) is 71.3 Å². The second kappa shape index (κ2) is 11.0. The molecule has 0 saturated carbocycles. The standard InChI is InChI=1S/C46H30N2O/c1-2-11-31(12-3-1)32-21-24-34(25-22-32)47(43-19-10-13-33-23-30-40-39-16-6-9-20-44(39)49-46(40)45(33)43)35-26-28-36(29-27-35)48-41-17-7-4-14-37(41)38-15-5-8-18-42(38)48/h1-30H/i1D,2D,3D,4D,5D,6D,7D,8D,9D,10D,11D,12D,13D,14D,15D,16D,17D,18D,19D,20D,21D,22D,23D,24D,25D,26D,27D,28D,29D,30D. The van der Waals surface area contributed by atoms with Crippen LogP contribution in [0.2, 0.25) is 0 Å². The SMILES string of the molecule is [2H]c1c([2H])c([2H])c(-c2c([2H])c([2H])c(N(c3c([2H])c([2H])c(-n4c5c([2H])c([2H])c([2H])c([2H])c5c5c([2H])c([2H])c([2H])c([2H])c54)c([2H])c3[2H])c3c([2H])c([2H])c([2H])c4c([2H])c([2H])c5c(oc6c([2H])c([2H])c([2H])c([2H])c65)c34)c([2H])c2[2H])c([2H])c1[2H]. The third-order valence-corrected chi connectivity index (χ3v) is 7.62. The lowest BCUT2D eigenvalue weighted by Crippen LogP contribution is -2.10. The van der Waals surface area contributed by atoms with Crippen LogP contribution < -0.4 is 4.90 Å². The predicted molar refractivity (Wildman–Crippen MR) is 206 cm³/mol. The largest absolute Gasteiger partial charge is 0.455 e. The van der Waals surface area contributed by atoms with Gasteiger partial charge in [-0.05, 0) is 83.0 Å². The molecule has 0 unspecified atom stereocenters. The van der Waals surface area contributed by atoms with Crippen molar-refractivity contribution in [1.29, 1.82) is 0 Å². The minimum Gasteiger partial charge on any atom is -0.455 e. The Morgan fingerprint density at radius 1 is 0.449 bits per heavy atom. The van der Waals surface area contributed by atoms with Gasteiger partial charge in [0.2, 0.25) is 0 Å². The van der Waals surface area contributed by atoms with Crippen molar-refractivity contribution in [3.63, 3.8) is 0 Å². The maximum absolute atomic E-state index is 9.82. The molecular formula is C46H30N2O. The smallest absolute Gasteiger partial charge is 0.145 e. The molecule has 3 heteroatoms. The zero-order valence-electron chi connectivity index (χ0n) is 54.3. The molecule has 3 nitrogen and oxygen atoms in total. The summed E-state index contributed by atoms with van der Waals surface area (Å²) in [6.45, 7) is 0. The van der Waals surface area contributed by atoms with E-state index in [1.165, 1.54) is 0 Å². The molecule has 0 fully saturated rings. The highest BCUT2D eigenvalue weighted by Crippen LogP contribution is 2.44. The van der Waals surface area contributed by atoms with E-state index in [-0.39, 0.29) is 0 Å². The van der Waals surface area contributed by atoms with Gasteiger partial charge in [0.05, 0.1) is 57.8 Å². The Morgan fingerprint density at radius 2 is 1.04 bits per heavy atom. The minimum atomic E-state index is -1.29. The number of furan rings is 1. The topological polar surface area (TPSA) is 21.3 Å². The third kappa shape index (κ3) is 4.37. The number of nitrogens with zero attached hydrogens (tertiary/aromatic N) is 2. The molecule has 10 aromatic rings. The predicted octanol–water partition coefficient (Wildman–Crippen LogP) is 13.0. The van der Waals surface area contributed by atoms with E-state index in [2.05, 4.69) is 0 Å². The van der Waals surface area contributed by atoms with Crippen LogP contribution in [0.15, 0.2) is 186 Å². The van der Waals surface area contributed by atoms with Gasteiger partial charge in [0, 0.05) is 44.0 Å². The molecule has 0 saturated heterocycles. The van der Waals surface area contributed by atoms with Crippen LogP contribution in [-0.4, -0.2) is 4.57 Å². The van der Waals surface area contributed by atoms with Crippen molar-refractivity contribution in [2.45, 2.75) is 0 Å². The molecule has 230 valence electrons. The maximum Gasteiger partial charge on any atom is 0.145 e.